The smallest absolute Gasteiger partial charge is 0.312 e. The number of fused-ring (bicyclic) bond motifs is 5. The van der Waals surface area contributed by atoms with Crippen LogP contribution in [0.2, 0.25) is 0 Å². The lowest BCUT2D eigenvalue weighted by Crippen LogP contribution is -2.59. The zero-order chi connectivity index (χ0) is 22.2. The van der Waals surface area contributed by atoms with Crippen molar-refractivity contribution in [3.63, 3.8) is 0 Å². The predicted octanol–water partition coefficient (Wildman–Crippen LogP) is 4.08. The molecule has 0 aromatic rings. The average molecular weight is 391 g/mol. The number of rotatable bonds is 2. The molecule has 1 N–H and O–H groups in total. The second-order valence-corrected chi connectivity index (χ2v) is 10.1. The van der Waals surface area contributed by atoms with Crippen LogP contribution in [0.15, 0.2) is 23.8 Å². The van der Waals surface area contributed by atoms with Gasteiger partial charge in [-0.3, -0.25) is 9.59 Å². The number of aliphatic hydroxyl groups excluding tert-OH is 1. The fraction of sp³-hybridized carbons (Fsp3) is 0.750. The molecule has 4 aliphatic carbocycles. The van der Waals surface area contributed by atoms with Crippen molar-refractivity contribution in [1.29, 1.82) is 0 Å². The molecule has 4 aliphatic rings. The number of ketones is 1. The first-order chi connectivity index (χ1) is 13.9. The van der Waals surface area contributed by atoms with Gasteiger partial charge in [0.15, 0.2) is 5.78 Å². The Labute approximate surface area is 171 Å². The van der Waals surface area contributed by atoms with E-state index in [1.807, 2.05) is 20.8 Å². The van der Waals surface area contributed by atoms with E-state index in [0.717, 1.165) is 18.4 Å². The molecule has 3 fully saturated rings. The Morgan fingerprint density at radius 2 is 2.11 bits per heavy atom. The molecular weight excluding hydrogens is 352 g/mol. The van der Waals surface area contributed by atoms with Crippen LogP contribution in [0.25, 0.3) is 0 Å². The average Bonchev–Trinajstić information content (AvgIpc) is 2.89. The number of carbonyl (C=O) groups excluding carboxylic acids is 2. The Bertz CT molecular complexity index is 863. The van der Waals surface area contributed by atoms with Gasteiger partial charge in [0.25, 0.3) is 0 Å². The molecule has 4 rings (SSSR count). The number of hydrogen-bond donors (Lipinski definition) is 1. The van der Waals surface area contributed by atoms with Crippen molar-refractivity contribution in [2.75, 3.05) is 6.61 Å². The van der Waals surface area contributed by atoms with Crippen LogP contribution in [0.4, 0.5) is 0 Å². The summed E-state index contributed by atoms with van der Waals surface area (Å²) in [7, 11) is 0. The van der Waals surface area contributed by atoms with Crippen molar-refractivity contribution in [2.24, 2.45) is 39.9 Å². The highest BCUT2D eigenvalue weighted by atomic mass is 16.5. The molecule has 0 aromatic heterocycles. The molecule has 0 spiro atoms. The van der Waals surface area contributed by atoms with Crippen molar-refractivity contribution in [3.8, 4) is 0 Å². The van der Waals surface area contributed by atoms with E-state index < -0.39 is 28.1 Å². The maximum Gasteiger partial charge on any atom is 0.312 e. The van der Waals surface area contributed by atoms with Gasteiger partial charge in [-0.05, 0) is 74.8 Å². The first-order valence-corrected chi connectivity index (χ1v) is 10.7. The van der Waals surface area contributed by atoms with Gasteiger partial charge in [0.1, 0.15) is 0 Å². The van der Waals surface area contributed by atoms with Gasteiger partial charge < -0.3 is 9.84 Å². The molecular formula is C24H34O4. The number of aliphatic hydroxyl groups is 1. The number of allylic oxidation sites excluding steroid dienone is 4. The fourth-order valence-electron chi connectivity index (χ4n) is 7.41. The molecule has 0 saturated heterocycles. The lowest BCUT2D eigenvalue weighted by Gasteiger charge is -2.60. The summed E-state index contributed by atoms with van der Waals surface area (Å²) in [6.07, 6.45) is 3.72. The van der Waals surface area contributed by atoms with Gasteiger partial charge in [-0.2, -0.15) is 0 Å². The van der Waals surface area contributed by atoms with Crippen LogP contribution < -0.4 is 0 Å². The van der Waals surface area contributed by atoms with E-state index in [9.17, 15) is 14.7 Å². The number of hydrogen-bond acceptors (Lipinski definition) is 4. The number of carbonyl (C=O) groups is 2. The normalized spacial score (nSPS) is 51.4. The van der Waals surface area contributed by atoms with Crippen LogP contribution >= 0.6 is 0 Å². The van der Waals surface area contributed by atoms with Crippen LogP contribution in [0.1, 0.15) is 63.0 Å². The molecule has 0 heterocycles. The third-order valence-corrected chi connectivity index (χ3v) is 9.15. The Morgan fingerprint density at radius 3 is 2.79 bits per heavy atom. The molecule has 0 amide bonds. The Morgan fingerprint density at radius 1 is 1.39 bits per heavy atom. The first kappa shape index (κ1) is 17.4. The van der Waals surface area contributed by atoms with Crippen molar-refractivity contribution in [2.45, 2.75) is 66.4 Å². The van der Waals surface area contributed by atoms with Gasteiger partial charge in [0.2, 0.25) is 0 Å². The molecule has 1 unspecified atom stereocenters. The van der Waals surface area contributed by atoms with Gasteiger partial charge >= 0.3 is 5.97 Å². The minimum Gasteiger partial charge on any atom is -0.466 e. The highest BCUT2D eigenvalue weighted by Crippen LogP contribution is 2.71. The maximum absolute atomic E-state index is 13.1. The summed E-state index contributed by atoms with van der Waals surface area (Å²) in [6.45, 7) is 10.4. The van der Waals surface area contributed by atoms with Gasteiger partial charge in [0, 0.05) is 11.3 Å². The van der Waals surface area contributed by atoms with E-state index in [2.05, 4.69) is 13.8 Å². The monoisotopic (exact) mass is 390 g/mol. The molecule has 4 heteroatoms. The molecule has 0 aliphatic heterocycles. The maximum atomic E-state index is 13.1. The lowest BCUT2D eigenvalue weighted by molar-refractivity contribution is -0.178. The molecule has 0 bridgehead atoms. The first-order valence-electron chi connectivity index (χ1n) is 11.7. The Hall–Kier alpha value is -1.42. The number of esters is 1. The van der Waals surface area contributed by atoms with E-state index in [0.29, 0.717) is 19.4 Å². The molecule has 0 aromatic carbocycles. The van der Waals surface area contributed by atoms with Crippen LogP contribution in [0, 0.1) is 39.9 Å². The van der Waals surface area contributed by atoms with E-state index in [1.54, 1.807) is 0 Å². The highest BCUT2D eigenvalue weighted by Gasteiger charge is 2.69. The molecule has 8 atom stereocenters. The van der Waals surface area contributed by atoms with Gasteiger partial charge in [-0.25, -0.2) is 0 Å². The van der Waals surface area contributed by atoms with Gasteiger partial charge in [-0.15, -0.1) is 0 Å². The summed E-state index contributed by atoms with van der Waals surface area (Å²) in [5, 5.41) is 11.5. The van der Waals surface area contributed by atoms with Crippen LogP contribution in [-0.2, 0) is 14.3 Å². The molecule has 0 radical (unpaired) electrons. The van der Waals surface area contributed by atoms with Crippen LogP contribution in [0.3, 0.4) is 0 Å². The zero-order valence-corrected chi connectivity index (χ0v) is 17.7. The summed E-state index contributed by atoms with van der Waals surface area (Å²) in [4.78, 5) is 25.3. The van der Waals surface area contributed by atoms with E-state index >= 15 is 0 Å². The molecule has 154 valence electrons. The summed E-state index contributed by atoms with van der Waals surface area (Å²) in [5.74, 6) is -0.283. The molecule has 4 nitrogen and oxygen atoms in total. The standard InChI is InChI=1S/C24H34O4/c1-6-28-21(27)24(5)14(2)11-18-17-8-7-15-12-16(25)9-10-22(15,3)20(17)19(26)13-23(18,24)4/h9-10,12,14,17-20,26H,6-8,11,13H2,1-5H3/t14-,17+,18+,19?,20-,22+,23+,24-/m1/s1/i9T,10T. The fourth-order valence-corrected chi connectivity index (χ4v) is 7.41. The van der Waals surface area contributed by atoms with Crippen LogP contribution in [-0.4, -0.2) is 29.6 Å². The third kappa shape index (κ3) is 2.33. The third-order valence-electron chi connectivity index (χ3n) is 9.15. The van der Waals surface area contributed by atoms with Gasteiger partial charge in [0.05, 0.1) is 20.9 Å². The number of ether oxygens (including phenoxy) is 1. The molecule has 3 saturated carbocycles. The van der Waals surface area contributed by atoms with Gasteiger partial charge in [-0.1, -0.05) is 32.4 Å². The van der Waals surface area contributed by atoms with Crippen molar-refractivity contribution < 1.29 is 22.2 Å². The summed E-state index contributed by atoms with van der Waals surface area (Å²) in [6, 6.07) is -0.208. The topological polar surface area (TPSA) is 63.6 Å². The molecule has 28 heavy (non-hydrogen) atoms. The second kappa shape index (κ2) is 6.29. The van der Waals surface area contributed by atoms with Crippen molar-refractivity contribution >= 4 is 11.8 Å². The SMILES string of the molecule is [3H]C1=C([3H])[C@@]2(C)C(=CC1=O)CC[C@@H]1[C@@H]2C(O)C[C@@]2(C)[C@H]1C[C@@H](C)[C@]2(C)C(=O)OCC. The Kier molecular flexibility index (Phi) is 3.92. The summed E-state index contributed by atoms with van der Waals surface area (Å²) in [5.41, 5.74) is -0.964. The predicted molar refractivity (Wildman–Crippen MR) is 107 cm³/mol. The minimum atomic E-state index is -0.791. The van der Waals surface area contributed by atoms with E-state index in [4.69, 9.17) is 7.48 Å². The highest BCUT2D eigenvalue weighted by molar-refractivity contribution is 6.01. The summed E-state index contributed by atoms with van der Waals surface area (Å²) >= 11 is 0. The summed E-state index contributed by atoms with van der Waals surface area (Å²) < 4.78 is 22.3. The Balaban J connectivity index is 1.80. The van der Waals surface area contributed by atoms with Crippen molar-refractivity contribution in [1.82, 2.24) is 0 Å². The zero-order valence-electron chi connectivity index (χ0n) is 19.7. The van der Waals surface area contributed by atoms with Crippen LogP contribution in [0.5, 0.6) is 0 Å². The van der Waals surface area contributed by atoms with Crippen molar-refractivity contribution in [3.05, 3.63) is 23.8 Å². The largest absolute Gasteiger partial charge is 0.466 e. The van der Waals surface area contributed by atoms with E-state index in [1.165, 1.54) is 6.08 Å². The lowest BCUT2D eigenvalue weighted by atomic mass is 9.45. The van der Waals surface area contributed by atoms with E-state index in [-0.39, 0.29) is 41.7 Å². The second-order valence-electron chi connectivity index (χ2n) is 10.1. The minimum absolute atomic E-state index is 0.0431. The quantitative estimate of drug-likeness (QED) is 0.722.